The average molecular weight is 149 g/mol. The first-order valence-electron chi connectivity index (χ1n) is 4.00. The van der Waals surface area contributed by atoms with E-state index >= 15 is 0 Å². The molecule has 2 heterocycles. The second-order valence-corrected chi connectivity index (χ2v) is 2.99. The van der Waals surface area contributed by atoms with Gasteiger partial charge >= 0.3 is 0 Å². The highest BCUT2D eigenvalue weighted by molar-refractivity contribution is 5.89. The maximum Gasteiger partial charge on any atom is 0.246 e. The summed E-state index contributed by atoms with van der Waals surface area (Å²) in [5.41, 5.74) is 0. The van der Waals surface area contributed by atoms with Gasteiger partial charge in [0.1, 0.15) is 0 Å². The molecule has 0 saturated carbocycles. The summed E-state index contributed by atoms with van der Waals surface area (Å²) >= 11 is 0. The fourth-order valence-electron chi connectivity index (χ4n) is 1.63. The Morgan fingerprint density at radius 2 is 2.09 bits per heavy atom. The molecule has 0 fully saturated rings. The zero-order valence-corrected chi connectivity index (χ0v) is 6.36. The molecule has 2 heteroatoms. The maximum absolute atomic E-state index is 11.2. The van der Waals surface area contributed by atoms with Gasteiger partial charge < -0.3 is 4.90 Å². The Bertz CT molecular complexity index is 230. The van der Waals surface area contributed by atoms with Crippen molar-refractivity contribution in [2.75, 3.05) is 6.54 Å². The van der Waals surface area contributed by atoms with Crippen molar-refractivity contribution in [3.8, 4) is 0 Å². The fourth-order valence-corrected chi connectivity index (χ4v) is 1.63. The Labute approximate surface area is 66.2 Å². The number of rotatable bonds is 0. The van der Waals surface area contributed by atoms with Crippen LogP contribution in [0, 0.1) is 0 Å². The summed E-state index contributed by atoms with van der Waals surface area (Å²) in [5, 5.41) is 0. The van der Waals surface area contributed by atoms with Crippen molar-refractivity contribution in [2.24, 2.45) is 0 Å². The highest BCUT2D eigenvalue weighted by Gasteiger charge is 2.24. The monoisotopic (exact) mass is 149 g/mol. The third kappa shape index (κ3) is 1.09. The van der Waals surface area contributed by atoms with Crippen molar-refractivity contribution < 1.29 is 4.79 Å². The van der Waals surface area contributed by atoms with Crippen LogP contribution in [-0.4, -0.2) is 23.4 Å². The van der Waals surface area contributed by atoms with Crippen LogP contribution >= 0.6 is 0 Å². The van der Waals surface area contributed by atoms with Crippen molar-refractivity contribution >= 4 is 5.91 Å². The van der Waals surface area contributed by atoms with Crippen molar-refractivity contribution in [1.29, 1.82) is 0 Å². The van der Waals surface area contributed by atoms with E-state index in [1.807, 2.05) is 11.0 Å². The largest absolute Gasteiger partial charge is 0.332 e. The van der Waals surface area contributed by atoms with Crippen LogP contribution < -0.4 is 0 Å². The van der Waals surface area contributed by atoms with Crippen molar-refractivity contribution in [2.45, 2.75) is 18.9 Å². The Hall–Kier alpha value is -1.05. The molecule has 0 aromatic rings. The molecule has 0 N–H and O–H groups in total. The molecule has 2 nitrogen and oxygen atoms in total. The summed E-state index contributed by atoms with van der Waals surface area (Å²) in [6.45, 7) is 0.799. The minimum absolute atomic E-state index is 0.172. The third-order valence-electron chi connectivity index (χ3n) is 2.27. The number of hydrogen-bond donors (Lipinski definition) is 0. The van der Waals surface area contributed by atoms with Gasteiger partial charge in [-0.15, -0.1) is 0 Å². The Kier molecular flexibility index (Phi) is 1.53. The van der Waals surface area contributed by atoms with E-state index in [0.29, 0.717) is 6.04 Å². The number of fused-ring (bicyclic) bond motifs is 1. The average Bonchev–Trinajstić information content (AvgIpc) is 2.06. The number of nitrogens with zero attached hydrogens (tertiary/aromatic N) is 1. The van der Waals surface area contributed by atoms with Gasteiger partial charge in [-0.25, -0.2) is 0 Å². The zero-order valence-electron chi connectivity index (χ0n) is 6.36. The lowest BCUT2D eigenvalue weighted by molar-refractivity contribution is -0.128. The van der Waals surface area contributed by atoms with Crippen LogP contribution in [0.5, 0.6) is 0 Å². The summed E-state index contributed by atoms with van der Waals surface area (Å²) in [7, 11) is 0. The van der Waals surface area contributed by atoms with Gasteiger partial charge in [0.15, 0.2) is 0 Å². The molecule has 0 spiro atoms. The molecule has 0 saturated heterocycles. The van der Waals surface area contributed by atoms with E-state index in [0.717, 1.165) is 19.4 Å². The molecular formula is C9H11NO. The second kappa shape index (κ2) is 2.53. The molecule has 11 heavy (non-hydrogen) atoms. The first-order chi connectivity index (χ1) is 5.38. The van der Waals surface area contributed by atoms with Gasteiger partial charge in [0, 0.05) is 12.6 Å². The topological polar surface area (TPSA) is 20.3 Å². The van der Waals surface area contributed by atoms with Gasteiger partial charge in [0.05, 0.1) is 0 Å². The first kappa shape index (κ1) is 6.65. The Morgan fingerprint density at radius 3 is 2.91 bits per heavy atom. The molecule has 2 aliphatic heterocycles. The molecule has 0 aromatic carbocycles. The minimum atomic E-state index is 0.172. The highest BCUT2D eigenvalue weighted by Crippen LogP contribution is 2.18. The van der Waals surface area contributed by atoms with Gasteiger partial charge in [-0.2, -0.15) is 0 Å². The van der Waals surface area contributed by atoms with Gasteiger partial charge in [-0.05, 0) is 18.9 Å². The highest BCUT2D eigenvalue weighted by atomic mass is 16.2. The Morgan fingerprint density at radius 1 is 1.27 bits per heavy atom. The van der Waals surface area contributed by atoms with Gasteiger partial charge in [-0.1, -0.05) is 18.2 Å². The van der Waals surface area contributed by atoms with Crippen LogP contribution in [0.4, 0.5) is 0 Å². The Balaban J connectivity index is 2.21. The van der Waals surface area contributed by atoms with E-state index in [2.05, 4.69) is 12.2 Å². The summed E-state index contributed by atoms with van der Waals surface area (Å²) in [5.74, 6) is 0.172. The van der Waals surface area contributed by atoms with Crippen molar-refractivity contribution in [3.63, 3.8) is 0 Å². The molecule has 1 unspecified atom stereocenters. The molecule has 58 valence electrons. The van der Waals surface area contributed by atoms with Crippen LogP contribution in [0.15, 0.2) is 24.3 Å². The molecule has 0 aromatic heterocycles. The van der Waals surface area contributed by atoms with Crippen molar-refractivity contribution in [1.82, 2.24) is 4.90 Å². The quantitative estimate of drug-likeness (QED) is 0.472. The molecule has 2 aliphatic rings. The van der Waals surface area contributed by atoms with Gasteiger partial charge in [0.25, 0.3) is 0 Å². The van der Waals surface area contributed by atoms with E-state index in [9.17, 15) is 4.79 Å². The second-order valence-electron chi connectivity index (χ2n) is 2.99. The van der Waals surface area contributed by atoms with Crippen LogP contribution in [0.2, 0.25) is 0 Å². The SMILES string of the molecule is O=C1C=CCC2CC=CCN12. The van der Waals surface area contributed by atoms with E-state index < -0.39 is 0 Å². The molecule has 2 rings (SSSR count). The standard InChI is InChI=1S/C9H11NO/c11-9-6-3-5-8-4-1-2-7-10(8)9/h1-3,6,8H,4-5,7H2. The van der Waals surface area contributed by atoms with Gasteiger partial charge in [0.2, 0.25) is 5.91 Å². The number of hydrogen-bond acceptors (Lipinski definition) is 1. The predicted molar refractivity (Wildman–Crippen MR) is 43.0 cm³/mol. The van der Waals surface area contributed by atoms with E-state index in [1.54, 1.807) is 6.08 Å². The molecule has 1 amide bonds. The minimum Gasteiger partial charge on any atom is -0.332 e. The van der Waals surface area contributed by atoms with Crippen molar-refractivity contribution in [3.05, 3.63) is 24.3 Å². The smallest absolute Gasteiger partial charge is 0.246 e. The summed E-state index contributed by atoms with van der Waals surface area (Å²) < 4.78 is 0. The number of carbonyl (C=O) groups excluding carboxylic acids is 1. The predicted octanol–water partition coefficient (Wildman–Crippen LogP) is 1.10. The van der Waals surface area contributed by atoms with Crippen LogP contribution in [0.1, 0.15) is 12.8 Å². The van der Waals surface area contributed by atoms with Crippen LogP contribution in [0.25, 0.3) is 0 Å². The van der Waals surface area contributed by atoms with E-state index in [1.165, 1.54) is 0 Å². The lowest BCUT2D eigenvalue weighted by atomic mass is 10.0. The molecule has 1 atom stereocenters. The number of amides is 1. The summed E-state index contributed by atoms with van der Waals surface area (Å²) in [6, 6.07) is 0.442. The molecule has 0 aliphatic carbocycles. The van der Waals surface area contributed by atoms with E-state index in [4.69, 9.17) is 0 Å². The zero-order chi connectivity index (χ0) is 7.68. The molecular weight excluding hydrogens is 138 g/mol. The summed E-state index contributed by atoms with van der Waals surface area (Å²) in [6.07, 6.45) is 9.92. The molecule has 0 radical (unpaired) electrons. The van der Waals surface area contributed by atoms with Crippen LogP contribution in [0.3, 0.4) is 0 Å². The normalized spacial score (nSPS) is 28.9. The summed E-state index contributed by atoms with van der Waals surface area (Å²) in [4.78, 5) is 13.2. The lowest BCUT2D eigenvalue weighted by Gasteiger charge is -2.33. The fraction of sp³-hybridized carbons (Fsp3) is 0.444. The number of carbonyl (C=O) groups is 1. The third-order valence-corrected chi connectivity index (χ3v) is 2.27. The van der Waals surface area contributed by atoms with E-state index in [-0.39, 0.29) is 5.91 Å². The first-order valence-corrected chi connectivity index (χ1v) is 4.00. The lowest BCUT2D eigenvalue weighted by Crippen LogP contribution is -2.42. The molecule has 0 bridgehead atoms. The maximum atomic E-state index is 11.2. The van der Waals surface area contributed by atoms with Crippen LogP contribution in [-0.2, 0) is 4.79 Å². The van der Waals surface area contributed by atoms with Gasteiger partial charge in [-0.3, -0.25) is 4.79 Å².